The van der Waals surface area contributed by atoms with Crippen molar-refractivity contribution in [2.24, 2.45) is 11.7 Å². The number of primary amides is 1. The van der Waals surface area contributed by atoms with Gasteiger partial charge in [-0.25, -0.2) is 4.39 Å². The van der Waals surface area contributed by atoms with Gasteiger partial charge in [0.1, 0.15) is 5.82 Å². The van der Waals surface area contributed by atoms with Crippen LogP contribution in [0.1, 0.15) is 27.5 Å². The molecule has 0 saturated carbocycles. The van der Waals surface area contributed by atoms with Crippen LogP contribution in [0.4, 0.5) is 4.39 Å². The number of hydroxylamine groups is 2. The smallest absolute Gasteiger partial charge is 0.258 e. The van der Waals surface area contributed by atoms with Gasteiger partial charge in [0.15, 0.2) is 6.10 Å². The van der Waals surface area contributed by atoms with Gasteiger partial charge in [-0.15, -0.1) is 0 Å². The van der Waals surface area contributed by atoms with Crippen molar-refractivity contribution in [2.75, 3.05) is 0 Å². The summed E-state index contributed by atoms with van der Waals surface area (Å²) in [6, 6.07) is 11.9. The first-order valence-corrected chi connectivity index (χ1v) is 8.36. The molecule has 2 heterocycles. The zero-order valence-corrected chi connectivity index (χ0v) is 14.1. The van der Waals surface area contributed by atoms with E-state index in [0.29, 0.717) is 11.1 Å². The number of benzene rings is 2. The van der Waals surface area contributed by atoms with E-state index in [2.05, 4.69) is 5.32 Å². The summed E-state index contributed by atoms with van der Waals surface area (Å²) in [5.74, 6) is -2.53. The molecular formula is C19H16FN3O4. The fraction of sp³-hybridized carbons (Fsp3) is 0.211. The molecular weight excluding hydrogens is 353 g/mol. The molecule has 0 aromatic heterocycles. The first-order valence-electron chi connectivity index (χ1n) is 8.36. The minimum atomic E-state index is -0.919. The van der Waals surface area contributed by atoms with Gasteiger partial charge in [-0.3, -0.25) is 24.5 Å². The first-order chi connectivity index (χ1) is 12.9. The van der Waals surface area contributed by atoms with Gasteiger partial charge in [-0.05, 0) is 35.4 Å². The summed E-state index contributed by atoms with van der Waals surface area (Å²) < 4.78 is 13.3. The van der Waals surface area contributed by atoms with Crippen molar-refractivity contribution in [3.63, 3.8) is 0 Å². The number of amides is 3. The van der Waals surface area contributed by atoms with Gasteiger partial charge in [0, 0.05) is 12.1 Å². The van der Waals surface area contributed by atoms with E-state index in [1.807, 2.05) is 0 Å². The lowest BCUT2D eigenvalue weighted by molar-refractivity contribution is -0.178. The number of rotatable bonds is 4. The Labute approximate surface area is 153 Å². The van der Waals surface area contributed by atoms with Crippen LogP contribution in [0.2, 0.25) is 0 Å². The van der Waals surface area contributed by atoms with Gasteiger partial charge in [0.2, 0.25) is 11.8 Å². The highest BCUT2D eigenvalue weighted by molar-refractivity contribution is 6.07. The Hall–Kier alpha value is -3.10. The second kappa shape index (κ2) is 6.57. The third kappa shape index (κ3) is 3.09. The van der Waals surface area contributed by atoms with E-state index in [0.717, 1.165) is 5.56 Å². The number of fused-ring (bicyclic) bond motifs is 1. The number of nitrogens with two attached hydrogens (primary N) is 1. The normalized spacial score (nSPS) is 24.7. The predicted octanol–water partition coefficient (Wildman–Crippen LogP) is 1.05. The molecule has 0 aliphatic carbocycles. The molecule has 2 aromatic rings. The molecule has 2 saturated heterocycles. The Morgan fingerprint density at radius 1 is 1.07 bits per heavy atom. The van der Waals surface area contributed by atoms with Crippen LogP contribution in [0.25, 0.3) is 0 Å². The maximum Gasteiger partial charge on any atom is 0.258 e. The Bertz CT molecular complexity index is 914. The van der Waals surface area contributed by atoms with Crippen LogP contribution in [0.15, 0.2) is 48.5 Å². The van der Waals surface area contributed by atoms with Crippen LogP contribution < -0.4 is 11.1 Å². The fourth-order valence-corrected chi connectivity index (χ4v) is 3.51. The number of carbonyl (C=O) groups excluding carboxylic acids is 3. The highest BCUT2D eigenvalue weighted by Gasteiger charge is 2.56. The minimum Gasteiger partial charge on any atom is -0.366 e. The molecule has 3 unspecified atom stereocenters. The second-order valence-corrected chi connectivity index (χ2v) is 6.54. The molecule has 0 spiro atoms. The number of nitrogens with one attached hydrogen (secondary N) is 1. The molecule has 27 heavy (non-hydrogen) atoms. The van der Waals surface area contributed by atoms with E-state index < -0.39 is 41.6 Å². The number of hydrogen-bond acceptors (Lipinski definition) is 5. The van der Waals surface area contributed by atoms with E-state index in [4.69, 9.17) is 10.6 Å². The van der Waals surface area contributed by atoms with Crippen molar-refractivity contribution in [1.29, 1.82) is 0 Å². The van der Waals surface area contributed by atoms with Gasteiger partial charge >= 0.3 is 0 Å². The van der Waals surface area contributed by atoms with Gasteiger partial charge in [-0.2, -0.15) is 5.06 Å². The quantitative estimate of drug-likeness (QED) is 0.785. The summed E-state index contributed by atoms with van der Waals surface area (Å²) in [6.45, 7) is 0.272. The van der Waals surface area contributed by atoms with E-state index in [-0.39, 0.29) is 6.54 Å². The molecule has 0 bridgehead atoms. The molecule has 2 aliphatic rings. The van der Waals surface area contributed by atoms with Gasteiger partial charge in [0.05, 0.1) is 12.0 Å². The third-order valence-corrected chi connectivity index (χ3v) is 4.82. The van der Waals surface area contributed by atoms with Crippen LogP contribution in [-0.2, 0) is 21.0 Å². The van der Waals surface area contributed by atoms with Crippen molar-refractivity contribution in [2.45, 2.75) is 18.7 Å². The Morgan fingerprint density at radius 2 is 1.74 bits per heavy atom. The number of nitrogens with zero attached hydrogens (tertiary/aromatic N) is 1. The Balaban J connectivity index is 1.65. The lowest BCUT2D eigenvalue weighted by Crippen LogP contribution is -2.33. The largest absolute Gasteiger partial charge is 0.366 e. The lowest BCUT2D eigenvalue weighted by Gasteiger charge is -2.25. The molecule has 3 amide bonds. The predicted molar refractivity (Wildman–Crippen MR) is 91.2 cm³/mol. The van der Waals surface area contributed by atoms with Crippen molar-refractivity contribution < 1.29 is 23.6 Å². The molecule has 2 fully saturated rings. The number of hydrogen-bond donors (Lipinski definition) is 2. The van der Waals surface area contributed by atoms with Crippen molar-refractivity contribution in [3.05, 3.63) is 71.0 Å². The summed E-state index contributed by atoms with van der Waals surface area (Å²) in [5.41, 5.74) is 7.10. The molecule has 3 N–H and O–H groups in total. The topological polar surface area (TPSA) is 102 Å². The van der Waals surface area contributed by atoms with E-state index in [1.54, 1.807) is 41.5 Å². The van der Waals surface area contributed by atoms with Gasteiger partial charge in [-0.1, -0.05) is 24.3 Å². The average molecular weight is 369 g/mol. The Kier molecular flexibility index (Phi) is 4.21. The molecule has 2 aromatic carbocycles. The van der Waals surface area contributed by atoms with E-state index in [1.165, 1.54) is 12.1 Å². The van der Waals surface area contributed by atoms with Crippen LogP contribution >= 0.6 is 0 Å². The third-order valence-electron chi connectivity index (χ3n) is 4.82. The summed E-state index contributed by atoms with van der Waals surface area (Å²) in [6.07, 6.45) is -0.919. The molecule has 2 aliphatic heterocycles. The monoisotopic (exact) mass is 369 g/mol. The molecule has 4 rings (SSSR count). The van der Waals surface area contributed by atoms with E-state index >= 15 is 0 Å². The first kappa shape index (κ1) is 17.3. The SMILES string of the molecule is NC(=O)c1ccc(CN2OC3C(=O)NC(=O)C3C2c2ccc(F)cc2)cc1. The zero-order valence-electron chi connectivity index (χ0n) is 14.1. The highest BCUT2D eigenvalue weighted by atomic mass is 19.1. The molecule has 7 nitrogen and oxygen atoms in total. The standard InChI is InChI=1S/C19H16FN3O4/c20-13-7-5-11(6-8-13)15-14-16(19(26)22-18(14)25)27-23(15)9-10-1-3-12(4-2-10)17(21)24/h1-8,14-16H,9H2,(H2,21,24)(H,22,25,26). The molecule has 0 radical (unpaired) electrons. The van der Waals surface area contributed by atoms with Crippen LogP contribution in [0, 0.1) is 11.7 Å². The van der Waals surface area contributed by atoms with Crippen molar-refractivity contribution in [1.82, 2.24) is 10.4 Å². The molecule has 138 valence electrons. The Morgan fingerprint density at radius 3 is 2.37 bits per heavy atom. The summed E-state index contributed by atoms with van der Waals surface area (Å²) in [7, 11) is 0. The van der Waals surface area contributed by atoms with Crippen LogP contribution in [-0.4, -0.2) is 28.9 Å². The van der Waals surface area contributed by atoms with Gasteiger partial charge in [0.25, 0.3) is 5.91 Å². The van der Waals surface area contributed by atoms with E-state index in [9.17, 15) is 18.8 Å². The second-order valence-electron chi connectivity index (χ2n) is 6.54. The minimum absolute atomic E-state index is 0.272. The maximum absolute atomic E-state index is 13.3. The lowest BCUT2D eigenvalue weighted by atomic mass is 9.90. The number of halogens is 1. The number of imide groups is 1. The van der Waals surface area contributed by atoms with Gasteiger partial charge < -0.3 is 5.73 Å². The average Bonchev–Trinajstić information content (AvgIpc) is 3.14. The molecule has 8 heteroatoms. The number of carbonyl (C=O) groups is 3. The van der Waals surface area contributed by atoms with Crippen LogP contribution in [0.5, 0.6) is 0 Å². The summed E-state index contributed by atoms with van der Waals surface area (Å²) >= 11 is 0. The van der Waals surface area contributed by atoms with Crippen molar-refractivity contribution in [3.8, 4) is 0 Å². The summed E-state index contributed by atoms with van der Waals surface area (Å²) in [4.78, 5) is 41.3. The van der Waals surface area contributed by atoms with Crippen LogP contribution in [0.3, 0.4) is 0 Å². The molecule has 3 atom stereocenters. The highest BCUT2D eigenvalue weighted by Crippen LogP contribution is 2.42. The van der Waals surface area contributed by atoms with Crippen molar-refractivity contribution >= 4 is 17.7 Å². The summed E-state index contributed by atoms with van der Waals surface area (Å²) in [5, 5.41) is 3.83. The fourth-order valence-electron chi connectivity index (χ4n) is 3.51. The maximum atomic E-state index is 13.3. The zero-order chi connectivity index (χ0) is 19.1.